The maximum Gasteiger partial charge on any atom is 0.225 e. The molecule has 2 fully saturated rings. The van der Waals surface area contributed by atoms with Crippen molar-refractivity contribution >= 4 is 11.8 Å². The molecule has 0 bridgehead atoms. The van der Waals surface area contributed by atoms with Gasteiger partial charge >= 0.3 is 0 Å². The first-order chi connectivity index (χ1) is 9.22. The maximum atomic E-state index is 12.0. The standard InChI is InChI=1S/C14H25N3O2/c15-7-3-4-8-16-14(19)11-9-13(18)17(10-11)12-5-1-2-6-12/h11-12H,1-10,15H2,(H,16,19). The van der Waals surface area contributed by atoms with Crippen molar-refractivity contribution < 1.29 is 9.59 Å². The normalized spacial score (nSPS) is 24.2. The SMILES string of the molecule is NCCCCNC(=O)C1CC(=O)N(C2CCCC2)C1. The number of nitrogens with two attached hydrogens (primary N) is 1. The summed E-state index contributed by atoms with van der Waals surface area (Å²) >= 11 is 0. The minimum atomic E-state index is -0.147. The molecule has 1 saturated carbocycles. The van der Waals surface area contributed by atoms with Crippen LogP contribution in [-0.2, 0) is 9.59 Å². The number of hydrogen-bond acceptors (Lipinski definition) is 3. The highest BCUT2D eigenvalue weighted by atomic mass is 16.2. The third-order valence-electron chi connectivity index (χ3n) is 4.22. The highest BCUT2D eigenvalue weighted by Crippen LogP contribution is 2.29. The van der Waals surface area contributed by atoms with E-state index in [1.807, 2.05) is 4.90 Å². The lowest BCUT2D eigenvalue weighted by Gasteiger charge is -2.23. The molecule has 1 saturated heterocycles. The molecule has 2 aliphatic rings. The number of carbonyl (C=O) groups is 2. The first-order valence-corrected chi connectivity index (χ1v) is 7.49. The molecule has 5 heteroatoms. The minimum absolute atomic E-state index is 0.0332. The van der Waals surface area contributed by atoms with Gasteiger partial charge in [0.05, 0.1) is 5.92 Å². The lowest BCUT2D eigenvalue weighted by Crippen LogP contribution is -2.37. The molecular formula is C14H25N3O2. The fourth-order valence-electron chi connectivity index (χ4n) is 3.10. The van der Waals surface area contributed by atoms with Crippen molar-refractivity contribution in [2.24, 2.45) is 11.7 Å². The van der Waals surface area contributed by atoms with Crippen molar-refractivity contribution in [3.05, 3.63) is 0 Å². The topological polar surface area (TPSA) is 75.4 Å². The smallest absolute Gasteiger partial charge is 0.225 e. The highest BCUT2D eigenvalue weighted by Gasteiger charge is 2.38. The van der Waals surface area contributed by atoms with E-state index >= 15 is 0 Å². The monoisotopic (exact) mass is 267 g/mol. The minimum Gasteiger partial charge on any atom is -0.356 e. The number of nitrogens with one attached hydrogen (secondary N) is 1. The molecule has 2 amide bonds. The van der Waals surface area contributed by atoms with Crippen molar-refractivity contribution in [3.63, 3.8) is 0 Å². The summed E-state index contributed by atoms with van der Waals surface area (Å²) in [6.45, 7) is 1.95. The van der Waals surface area contributed by atoms with Crippen LogP contribution in [-0.4, -0.2) is 42.4 Å². The Labute approximate surface area is 114 Å². The van der Waals surface area contributed by atoms with Gasteiger partial charge in [-0.05, 0) is 32.2 Å². The van der Waals surface area contributed by atoms with E-state index in [2.05, 4.69) is 5.32 Å². The number of carbonyl (C=O) groups excluding carboxylic acids is 2. The van der Waals surface area contributed by atoms with Crippen LogP contribution in [0.2, 0.25) is 0 Å². The molecule has 1 unspecified atom stereocenters. The van der Waals surface area contributed by atoms with E-state index in [9.17, 15) is 9.59 Å². The van der Waals surface area contributed by atoms with Crippen LogP contribution in [0.15, 0.2) is 0 Å². The summed E-state index contributed by atoms with van der Waals surface area (Å²) in [6.07, 6.45) is 6.87. The van der Waals surface area contributed by atoms with E-state index in [1.165, 1.54) is 12.8 Å². The molecular weight excluding hydrogens is 242 g/mol. The number of likely N-dealkylation sites (tertiary alicyclic amines) is 1. The summed E-state index contributed by atoms with van der Waals surface area (Å²) in [5, 5.41) is 2.92. The number of unbranched alkanes of at least 4 members (excludes halogenated alkanes) is 1. The average molecular weight is 267 g/mol. The zero-order valence-corrected chi connectivity index (χ0v) is 11.6. The van der Waals surface area contributed by atoms with Crippen LogP contribution < -0.4 is 11.1 Å². The predicted octanol–water partition coefficient (Wildman–Crippen LogP) is 0.633. The van der Waals surface area contributed by atoms with Crippen molar-refractivity contribution in [2.75, 3.05) is 19.6 Å². The molecule has 108 valence electrons. The second kappa shape index (κ2) is 6.89. The van der Waals surface area contributed by atoms with Gasteiger partial charge in [0.15, 0.2) is 0 Å². The zero-order valence-electron chi connectivity index (χ0n) is 11.6. The maximum absolute atomic E-state index is 12.0. The van der Waals surface area contributed by atoms with Crippen LogP contribution in [0.25, 0.3) is 0 Å². The van der Waals surface area contributed by atoms with Crippen LogP contribution in [0.5, 0.6) is 0 Å². The number of nitrogens with zero attached hydrogens (tertiary/aromatic N) is 1. The van der Waals surface area contributed by atoms with Crippen molar-refractivity contribution in [2.45, 2.75) is 51.0 Å². The molecule has 19 heavy (non-hydrogen) atoms. The summed E-state index contributed by atoms with van der Waals surface area (Å²) in [5.41, 5.74) is 5.41. The molecule has 5 nitrogen and oxygen atoms in total. The van der Waals surface area contributed by atoms with Gasteiger partial charge in [0.2, 0.25) is 11.8 Å². The Morgan fingerprint density at radius 1 is 1.32 bits per heavy atom. The number of rotatable bonds is 6. The average Bonchev–Trinajstić information content (AvgIpc) is 3.03. The molecule has 1 heterocycles. The van der Waals surface area contributed by atoms with Crippen molar-refractivity contribution in [1.29, 1.82) is 0 Å². The molecule has 0 aromatic heterocycles. The Hall–Kier alpha value is -1.10. The highest BCUT2D eigenvalue weighted by molar-refractivity contribution is 5.89. The largest absolute Gasteiger partial charge is 0.356 e. The Morgan fingerprint density at radius 2 is 2.05 bits per heavy atom. The second-order valence-electron chi connectivity index (χ2n) is 5.67. The molecule has 1 atom stereocenters. The Morgan fingerprint density at radius 3 is 2.74 bits per heavy atom. The molecule has 0 spiro atoms. The van der Waals surface area contributed by atoms with Gasteiger partial charge in [-0.15, -0.1) is 0 Å². The third-order valence-corrected chi connectivity index (χ3v) is 4.22. The summed E-state index contributed by atoms with van der Waals surface area (Å²) in [5.74, 6) is 0.0471. The van der Waals surface area contributed by atoms with E-state index in [1.54, 1.807) is 0 Å². The molecule has 0 aromatic carbocycles. The molecule has 3 N–H and O–H groups in total. The van der Waals surface area contributed by atoms with Gasteiger partial charge in [-0.2, -0.15) is 0 Å². The van der Waals surface area contributed by atoms with E-state index in [4.69, 9.17) is 5.73 Å². The quantitative estimate of drug-likeness (QED) is 0.693. The van der Waals surface area contributed by atoms with Gasteiger partial charge in [-0.3, -0.25) is 9.59 Å². The number of amides is 2. The van der Waals surface area contributed by atoms with E-state index in [-0.39, 0.29) is 17.7 Å². The summed E-state index contributed by atoms with van der Waals surface area (Å²) in [6, 6.07) is 0.391. The van der Waals surface area contributed by atoms with Gasteiger partial charge in [-0.1, -0.05) is 12.8 Å². The van der Waals surface area contributed by atoms with E-state index in [0.29, 0.717) is 32.1 Å². The lowest BCUT2D eigenvalue weighted by atomic mass is 10.1. The fraction of sp³-hybridized carbons (Fsp3) is 0.857. The van der Waals surface area contributed by atoms with Crippen LogP contribution in [0, 0.1) is 5.92 Å². The Kier molecular flexibility index (Phi) is 5.19. The molecule has 0 aromatic rings. The van der Waals surface area contributed by atoms with Gasteiger partial charge in [0.1, 0.15) is 0 Å². The van der Waals surface area contributed by atoms with Gasteiger partial charge < -0.3 is 16.0 Å². The molecule has 0 radical (unpaired) electrons. The van der Waals surface area contributed by atoms with Gasteiger partial charge in [0, 0.05) is 25.6 Å². The Balaban J connectivity index is 1.76. The summed E-state index contributed by atoms with van der Waals surface area (Å²) in [4.78, 5) is 25.9. The van der Waals surface area contributed by atoms with E-state index < -0.39 is 0 Å². The second-order valence-corrected chi connectivity index (χ2v) is 5.67. The molecule has 2 rings (SSSR count). The molecule has 1 aliphatic heterocycles. The first kappa shape index (κ1) is 14.3. The lowest BCUT2D eigenvalue weighted by molar-refractivity contribution is -0.130. The van der Waals surface area contributed by atoms with Crippen LogP contribution >= 0.6 is 0 Å². The van der Waals surface area contributed by atoms with Crippen LogP contribution in [0.3, 0.4) is 0 Å². The van der Waals surface area contributed by atoms with Crippen LogP contribution in [0.4, 0.5) is 0 Å². The van der Waals surface area contributed by atoms with Crippen molar-refractivity contribution in [3.8, 4) is 0 Å². The van der Waals surface area contributed by atoms with Gasteiger partial charge in [-0.25, -0.2) is 0 Å². The van der Waals surface area contributed by atoms with E-state index in [0.717, 1.165) is 25.7 Å². The number of hydrogen-bond donors (Lipinski definition) is 2. The van der Waals surface area contributed by atoms with Gasteiger partial charge in [0.25, 0.3) is 0 Å². The zero-order chi connectivity index (χ0) is 13.7. The molecule has 1 aliphatic carbocycles. The third kappa shape index (κ3) is 3.69. The van der Waals surface area contributed by atoms with Crippen molar-refractivity contribution in [1.82, 2.24) is 10.2 Å². The fourth-order valence-corrected chi connectivity index (χ4v) is 3.10. The summed E-state index contributed by atoms with van der Waals surface area (Å²) < 4.78 is 0. The predicted molar refractivity (Wildman–Crippen MR) is 73.4 cm³/mol. The first-order valence-electron chi connectivity index (χ1n) is 7.49. The Bertz CT molecular complexity index is 327. The summed E-state index contributed by atoms with van der Waals surface area (Å²) in [7, 11) is 0. The van der Waals surface area contributed by atoms with Crippen LogP contribution in [0.1, 0.15) is 44.9 Å².